The van der Waals surface area contributed by atoms with Gasteiger partial charge in [-0.1, -0.05) is 29.3 Å². The zero-order chi connectivity index (χ0) is 17.9. The predicted octanol–water partition coefficient (Wildman–Crippen LogP) is 1.52. The summed E-state index contributed by atoms with van der Waals surface area (Å²) in [5, 5.41) is 3.00. The van der Waals surface area contributed by atoms with Crippen LogP contribution in [0.15, 0.2) is 18.2 Å². The fourth-order valence-corrected chi connectivity index (χ4v) is 3.17. The first-order valence-corrected chi connectivity index (χ1v) is 8.32. The lowest BCUT2D eigenvalue weighted by atomic mass is 10.0. The molecule has 1 aromatic rings. The van der Waals surface area contributed by atoms with Gasteiger partial charge in [-0.25, -0.2) is 4.79 Å². The van der Waals surface area contributed by atoms with E-state index in [-0.39, 0.29) is 24.7 Å². The van der Waals surface area contributed by atoms with E-state index in [0.717, 1.165) is 6.42 Å². The summed E-state index contributed by atoms with van der Waals surface area (Å²) in [5.74, 6) is -0.539. The van der Waals surface area contributed by atoms with E-state index >= 15 is 0 Å². The van der Waals surface area contributed by atoms with Crippen LogP contribution >= 0.6 is 0 Å². The second kappa shape index (κ2) is 7.66. The summed E-state index contributed by atoms with van der Waals surface area (Å²) in [5.41, 5.74) is 8.94. The van der Waals surface area contributed by atoms with Crippen molar-refractivity contribution in [2.75, 3.05) is 13.1 Å². The Labute approximate surface area is 143 Å². The van der Waals surface area contributed by atoms with Gasteiger partial charge in [0.05, 0.1) is 12.6 Å². The number of carbonyl (C=O) groups is 2. The van der Waals surface area contributed by atoms with Crippen LogP contribution in [-0.2, 0) is 16.0 Å². The van der Waals surface area contributed by atoms with E-state index in [1.807, 2.05) is 13.8 Å². The molecule has 0 saturated carbocycles. The van der Waals surface area contributed by atoms with Gasteiger partial charge in [0, 0.05) is 12.6 Å². The van der Waals surface area contributed by atoms with Crippen molar-refractivity contribution in [3.63, 3.8) is 0 Å². The summed E-state index contributed by atoms with van der Waals surface area (Å²) in [7, 11) is 0. The number of morpholine rings is 1. The molecule has 0 spiro atoms. The largest absolute Gasteiger partial charge is 0.367 e. The summed E-state index contributed by atoms with van der Waals surface area (Å²) in [6, 6.07) is 6.20. The van der Waals surface area contributed by atoms with Gasteiger partial charge in [-0.15, -0.1) is 0 Å². The molecule has 6 heteroatoms. The maximum Gasteiger partial charge on any atom is 0.317 e. The van der Waals surface area contributed by atoms with E-state index in [4.69, 9.17) is 10.5 Å². The number of benzene rings is 1. The topological polar surface area (TPSA) is 84.7 Å². The number of primary amides is 1. The molecular weight excluding hydrogens is 306 g/mol. The number of nitrogens with zero attached hydrogens (tertiary/aromatic N) is 1. The summed E-state index contributed by atoms with van der Waals surface area (Å²) < 4.78 is 5.46. The van der Waals surface area contributed by atoms with Crippen LogP contribution in [0.3, 0.4) is 0 Å². The average Bonchev–Trinajstić information content (AvgIpc) is 2.45. The molecule has 0 aromatic heterocycles. The lowest BCUT2D eigenvalue weighted by molar-refractivity contribution is -0.139. The van der Waals surface area contributed by atoms with Gasteiger partial charge in [0.1, 0.15) is 0 Å². The Morgan fingerprint density at radius 3 is 2.50 bits per heavy atom. The molecule has 132 valence electrons. The molecule has 0 unspecified atom stereocenters. The molecule has 3 amide bonds. The van der Waals surface area contributed by atoms with Gasteiger partial charge in [-0.05, 0) is 39.7 Å². The summed E-state index contributed by atoms with van der Waals surface area (Å²) >= 11 is 0. The fraction of sp³-hybridized carbons (Fsp3) is 0.556. The van der Waals surface area contributed by atoms with Crippen LogP contribution in [0, 0.1) is 13.8 Å². The molecule has 1 aliphatic heterocycles. The molecule has 1 aromatic carbocycles. The van der Waals surface area contributed by atoms with Gasteiger partial charge in [0.25, 0.3) is 0 Å². The monoisotopic (exact) mass is 333 g/mol. The zero-order valence-electron chi connectivity index (χ0n) is 14.8. The van der Waals surface area contributed by atoms with E-state index in [1.165, 1.54) is 16.7 Å². The Kier molecular flexibility index (Phi) is 5.83. The summed E-state index contributed by atoms with van der Waals surface area (Å²) in [6.07, 6.45) is -0.195. The molecule has 0 bridgehead atoms. The molecule has 2 rings (SSSR count). The Morgan fingerprint density at radius 2 is 1.92 bits per heavy atom. The number of hydrogen-bond acceptors (Lipinski definition) is 3. The van der Waals surface area contributed by atoms with Crippen molar-refractivity contribution in [2.24, 2.45) is 5.73 Å². The second-order valence-electron chi connectivity index (χ2n) is 6.79. The lowest BCUT2D eigenvalue weighted by Crippen LogP contribution is -2.56. The second-order valence-corrected chi connectivity index (χ2v) is 6.79. The number of hydrogen-bond donors (Lipinski definition) is 2. The van der Waals surface area contributed by atoms with Gasteiger partial charge >= 0.3 is 6.03 Å². The first-order valence-electron chi connectivity index (χ1n) is 8.32. The molecule has 1 heterocycles. The molecule has 3 atom stereocenters. The van der Waals surface area contributed by atoms with Crippen molar-refractivity contribution >= 4 is 11.9 Å². The van der Waals surface area contributed by atoms with Crippen molar-refractivity contribution in [2.45, 2.75) is 52.4 Å². The maximum atomic E-state index is 12.5. The Hall–Kier alpha value is -2.08. The first-order chi connectivity index (χ1) is 11.2. The molecule has 6 nitrogen and oxygen atoms in total. The third-order valence-corrected chi connectivity index (χ3v) is 4.06. The van der Waals surface area contributed by atoms with Gasteiger partial charge in [0.15, 0.2) is 6.10 Å². The summed E-state index contributed by atoms with van der Waals surface area (Å²) in [6.45, 7) is 8.59. The number of nitrogens with one attached hydrogen (secondary N) is 1. The van der Waals surface area contributed by atoms with E-state index < -0.39 is 12.0 Å². The molecule has 0 radical (unpaired) electrons. The Morgan fingerprint density at radius 1 is 1.29 bits per heavy atom. The van der Waals surface area contributed by atoms with Crippen LogP contribution in [0.5, 0.6) is 0 Å². The highest BCUT2D eigenvalue weighted by Gasteiger charge is 2.31. The minimum absolute atomic E-state index is 0.0103. The van der Waals surface area contributed by atoms with Crippen molar-refractivity contribution in [1.82, 2.24) is 10.2 Å². The highest BCUT2D eigenvalue weighted by Crippen LogP contribution is 2.13. The van der Waals surface area contributed by atoms with Gasteiger partial charge in [-0.2, -0.15) is 0 Å². The van der Waals surface area contributed by atoms with Crippen LogP contribution in [0.1, 0.15) is 30.5 Å². The van der Waals surface area contributed by atoms with E-state index in [9.17, 15) is 9.59 Å². The quantitative estimate of drug-likeness (QED) is 0.876. The highest BCUT2D eigenvalue weighted by molar-refractivity contribution is 5.81. The number of aryl methyl sites for hydroxylation is 2. The summed E-state index contributed by atoms with van der Waals surface area (Å²) in [4.78, 5) is 25.4. The molecule has 1 fully saturated rings. The molecule has 24 heavy (non-hydrogen) atoms. The Balaban J connectivity index is 1.94. The van der Waals surface area contributed by atoms with Crippen LogP contribution in [0.2, 0.25) is 0 Å². The molecule has 1 saturated heterocycles. The molecule has 1 aliphatic rings. The van der Waals surface area contributed by atoms with Crippen molar-refractivity contribution in [1.29, 1.82) is 0 Å². The van der Waals surface area contributed by atoms with Crippen LogP contribution < -0.4 is 11.1 Å². The standard InChI is InChI=1S/C18H27N3O3/c1-11-5-12(2)7-15(6-11)8-13(3)20-18(23)21-9-14(4)24-16(10-21)17(19)22/h5-7,13-14,16H,8-10H2,1-4H3,(H2,19,22)(H,20,23)/t13-,14+,16+/m0/s1. The van der Waals surface area contributed by atoms with E-state index in [2.05, 4.69) is 37.4 Å². The number of rotatable bonds is 4. The molecule has 0 aliphatic carbocycles. The number of amides is 3. The maximum absolute atomic E-state index is 12.5. The normalized spacial score (nSPS) is 22.1. The number of nitrogens with two attached hydrogens (primary N) is 1. The van der Waals surface area contributed by atoms with Crippen LogP contribution in [0.25, 0.3) is 0 Å². The number of urea groups is 1. The van der Waals surface area contributed by atoms with Crippen molar-refractivity contribution in [3.8, 4) is 0 Å². The first kappa shape index (κ1) is 18.3. The molecule has 3 N–H and O–H groups in total. The number of carbonyl (C=O) groups excluding carboxylic acids is 2. The number of ether oxygens (including phenoxy) is 1. The van der Waals surface area contributed by atoms with Crippen LogP contribution in [-0.4, -0.2) is 48.2 Å². The predicted molar refractivity (Wildman–Crippen MR) is 92.7 cm³/mol. The third-order valence-electron chi connectivity index (χ3n) is 4.06. The van der Waals surface area contributed by atoms with Gasteiger partial charge in [-0.3, -0.25) is 4.79 Å². The highest BCUT2D eigenvalue weighted by atomic mass is 16.5. The fourth-order valence-electron chi connectivity index (χ4n) is 3.17. The minimum Gasteiger partial charge on any atom is -0.367 e. The lowest BCUT2D eigenvalue weighted by Gasteiger charge is -2.36. The van der Waals surface area contributed by atoms with Crippen LogP contribution in [0.4, 0.5) is 4.79 Å². The average molecular weight is 333 g/mol. The Bertz CT molecular complexity index is 597. The zero-order valence-corrected chi connectivity index (χ0v) is 14.8. The van der Waals surface area contributed by atoms with Crippen molar-refractivity contribution < 1.29 is 14.3 Å². The molecular formula is C18H27N3O3. The smallest absolute Gasteiger partial charge is 0.317 e. The SMILES string of the molecule is Cc1cc(C)cc(C[C@H](C)NC(=O)N2C[C@@H](C)O[C@@H](C(N)=O)C2)c1. The van der Waals surface area contributed by atoms with Gasteiger partial charge in [0.2, 0.25) is 5.91 Å². The third kappa shape index (κ3) is 4.96. The van der Waals surface area contributed by atoms with E-state index in [0.29, 0.717) is 6.54 Å². The van der Waals surface area contributed by atoms with Gasteiger partial charge < -0.3 is 20.7 Å². The van der Waals surface area contributed by atoms with E-state index in [1.54, 1.807) is 4.90 Å². The minimum atomic E-state index is -0.741. The van der Waals surface area contributed by atoms with Crippen molar-refractivity contribution in [3.05, 3.63) is 34.9 Å².